The van der Waals surface area contributed by atoms with Crippen molar-refractivity contribution in [1.82, 2.24) is 4.98 Å². The van der Waals surface area contributed by atoms with Crippen LogP contribution in [0.3, 0.4) is 0 Å². The van der Waals surface area contributed by atoms with Crippen molar-refractivity contribution in [2.75, 3.05) is 5.32 Å². The Hall–Kier alpha value is -3.71. The van der Waals surface area contributed by atoms with E-state index in [0.29, 0.717) is 0 Å². The highest BCUT2D eigenvalue weighted by atomic mass is 35.5. The van der Waals surface area contributed by atoms with Crippen molar-refractivity contribution < 1.29 is 22.4 Å². The second-order valence-corrected chi connectivity index (χ2v) is 7.79. The lowest BCUT2D eigenvalue weighted by Gasteiger charge is -2.24. The molecule has 0 spiro atoms. The van der Waals surface area contributed by atoms with Gasteiger partial charge in [0.25, 0.3) is 0 Å². The van der Waals surface area contributed by atoms with Gasteiger partial charge in [-0.3, -0.25) is 4.79 Å². The molecule has 0 atom stereocenters. The quantitative estimate of drug-likeness (QED) is 0.230. The van der Waals surface area contributed by atoms with Gasteiger partial charge in [0, 0.05) is 11.9 Å². The molecule has 0 fully saturated rings. The zero-order chi connectivity index (χ0) is 24.3. The predicted octanol–water partition coefficient (Wildman–Crippen LogP) is 7.33. The van der Waals surface area contributed by atoms with Gasteiger partial charge in [-0.25, -0.2) is 9.37 Å². The maximum atomic E-state index is 14.3. The number of ketones is 1. The fourth-order valence-electron chi connectivity index (χ4n) is 3.61. The number of halogens is 5. The summed E-state index contributed by atoms with van der Waals surface area (Å²) in [4.78, 5) is 17.0. The van der Waals surface area contributed by atoms with Gasteiger partial charge in [-0.15, -0.1) is 0 Å². The summed E-state index contributed by atoms with van der Waals surface area (Å²) in [7, 11) is 0. The lowest BCUT2D eigenvalue weighted by molar-refractivity contribution is -0.137. The molecular formula is C26H17ClF4N2O. The van der Waals surface area contributed by atoms with Gasteiger partial charge >= 0.3 is 6.18 Å². The predicted molar refractivity (Wildman–Crippen MR) is 122 cm³/mol. The van der Waals surface area contributed by atoms with Crippen LogP contribution < -0.4 is 5.32 Å². The molecule has 1 N–H and O–H groups in total. The number of alkyl halides is 3. The van der Waals surface area contributed by atoms with E-state index >= 15 is 0 Å². The van der Waals surface area contributed by atoms with Crippen LogP contribution in [0.1, 0.15) is 38.8 Å². The number of hydrogen-bond donors (Lipinski definition) is 1. The Balaban J connectivity index is 1.89. The average Bonchev–Trinajstić information content (AvgIpc) is 2.83. The fourth-order valence-corrected chi connectivity index (χ4v) is 3.97. The van der Waals surface area contributed by atoms with Crippen LogP contribution in [-0.4, -0.2) is 10.8 Å². The molecule has 0 saturated carbocycles. The van der Waals surface area contributed by atoms with Crippen LogP contribution in [0.5, 0.6) is 0 Å². The lowest BCUT2D eigenvalue weighted by Crippen LogP contribution is -2.18. The summed E-state index contributed by atoms with van der Waals surface area (Å²) in [6.07, 6.45) is -3.63. The largest absolute Gasteiger partial charge is 0.417 e. The Morgan fingerprint density at radius 1 is 0.853 bits per heavy atom. The molecule has 1 aromatic heterocycles. The van der Waals surface area contributed by atoms with E-state index in [0.717, 1.165) is 29.3 Å². The molecule has 8 heteroatoms. The molecule has 0 amide bonds. The van der Waals surface area contributed by atoms with Gasteiger partial charge in [0.05, 0.1) is 22.2 Å². The molecule has 0 radical (unpaired) electrons. The minimum atomic E-state index is -4.81. The third-order valence-corrected chi connectivity index (χ3v) is 5.61. The van der Waals surface area contributed by atoms with E-state index in [1.807, 2.05) is 60.7 Å². The second-order valence-electron chi connectivity index (χ2n) is 7.41. The number of rotatable bonds is 6. The van der Waals surface area contributed by atoms with Gasteiger partial charge in [0.2, 0.25) is 5.78 Å². The number of anilines is 1. The molecule has 0 aliphatic heterocycles. The van der Waals surface area contributed by atoms with E-state index in [-0.39, 0.29) is 5.69 Å². The van der Waals surface area contributed by atoms with Crippen molar-refractivity contribution in [3.05, 3.63) is 130 Å². The van der Waals surface area contributed by atoms with Crippen molar-refractivity contribution in [2.24, 2.45) is 0 Å². The van der Waals surface area contributed by atoms with Gasteiger partial charge < -0.3 is 5.32 Å². The fraction of sp³-hybridized carbons (Fsp3) is 0.0769. The Morgan fingerprint density at radius 2 is 1.44 bits per heavy atom. The van der Waals surface area contributed by atoms with Crippen LogP contribution in [-0.2, 0) is 6.18 Å². The van der Waals surface area contributed by atoms with Crippen LogP contribution in [0.4, 0.5) is 23.2 Å². The summed E-state index contributed by atoms with van der Waals surface area (Å²) in [5, 5.41) is 2.32. The number of benzene rings is 3. The normalized spacial score (nSPS) is 11.5. The third-order valence-electron chi connectivity index (χ3n) is 5.21. The SMILES string of the molecule is O=C(c1ncccc1F)c1c(NC(c2ccccc2)c2ccccc2)ccc(C(F)(F)F)c1Cl. The summed E-state index contributed by atoms with van der Waals surface area (Å²) in [6.45, 7) is 0. The lowest BCUT2D eigenvalue weighted by atomic mass is 9.96. The number of carbonyl (C=O) groups excluding carboxylic acids is 1. The maximum Gasteiger partial charge on any atom is 0.417 e. The van der Waals surface area contributed by atoms with Gasteiger partial charge in [-0.1, -0.05) is 72.3 Å². The molecule has 34 heavy (non-hydrogen) atoms. The Bertz CT molecular complexity index is 1270. The van der Waals surface area contributed by atoms with E-state index in [2.05, 4.69) is 10.3 Å². The van der Waals surface area contributed by atoms with E-state index in [9.17, 15) is 22.4 Å². The Labute approximate surface area is 198 Å². The van der Waals surface area contributed by atoms with E-state index in [1.165, 1.54) is 12.3 Å². The van der Waals surface area contributed by atoms with Gasteiger partial charge in [0.15, 0.2) is 5.82 Å². The highest BCUT2D eigenvalue weighted by Gasteiger charge is 2.37. The summed E-state index contributed by atoms with van der Waals surface area (Å²) in [6, 6.07) is 22.0. The number of aromatic nitrogens is 1. The van der Waals surface area contributed by atoms with Crippen LogP contribution in [0.25, 0.3) is 0 Å². The van der Waals surface area contributed by atoms with Crippen molar-refractivity contribution in [1.29, 1.82) is 0 Å². The number of carbonyl (C=O) groups is 1. The van der Waals surface area contributed by atoms with Crippen molar-refractivity contribution in [3.8, 4) is 0 Å². The van der Waals surface area contributed by atoms with Gasteiger partial charge in [-0.05, 0) is 35.4 Å². The van der Waals surface area contributed by atoms with E-state index in [4.69, 9.17) is 11.6 Å². The molecule has 0 unspecified atom stereocenters. The Kier molecular flexibility index (Phi) is 6.65. The summed E-state index contributed by atoms with van der Waals surface area (Å²) >= 11 is 6.14. The Morgan fingerprint density at radius 3 is 1.97 bits per heavy atom. The molecule has 1 heterocycles. The summed E-state index contributed by atoms with van der Waals surface area (Å²) < 4.78 is 55.1. The highest BCUT2D eigenvalue weighted by Crippen LogP contribution is 2.41. The molecule has 0 aliphatic carbocycles. The second kappa shape index (κ2) is 9.65. The molecule has 172 valence electrons. The van der Waals surface area contributed by atoms with Crippen LogP contribution in [0.15, 0.2) is 91.1 Å². The molecule has 0 aliphatic rings. The van der Waals surface area contributed by atoms with Crippen LogP contribution in [0, 0.1) is 5.82 Å². The summed E-state index contributed by atoms with van der Waals surface area (Å²) in [5.41, 5.74) is -0.714. The molecule has 0 bridgehead atoms. The van der Waals surface area contributed by atoms with E-state index < -0.39 is 45.7 Å². The first-order chi connectivity index (χ1) is 16.3. The first kappa shape index (κ1) is 23.4. The first-order valence-corrected chi connectivity index (χ1v) is 10.6. The van der Waals surface area contributed by atoms with E-state index in [1.54, 1.807) is 0 Å². The zero-order valence-electron chi connectivity index (χ0n) is 17.5. The molecule has 0 saturated heterocycles. The first-order valence-electron chi connectivity index (χ1n) is 10.2. The minimum absolute atomic E-state index is 0.0192. The zero-order valence-corrected chi connectivity index (χ0v) is 18.2. The smallest absolute Gasteiger partial charge is 0.373 e. The standard InChI is InChI=1S/C26H17ClF4N2O/c27-22-18(26(29,30)31)13-14-20(21(22)25(34)24-19(28)12-7-15-32-24)33-23(16-8-3-1-4-9-16)17-10-5-2-6-11-17/h1-15,23,33H. The van der Waals surface area contributed by atoms with Gasteiger partial charge in [-0.2, -0.15) is 13.2 Å². The number of nitrogens with one attached hydrogen (secondary N) is 1. The molecule has 4 rings (SSSR count). The third kappa shape index (κ3) is 4.79. The average molecular weight is 485 g/mol. The molecule has 3 aromatic carbocycles. The number of pyridine rings is 1. The molecule has 4 aromatic rings. The summed E-state index contributed by atoms with van der Waals surface area (Å²) in [5.74, 6) is -2.02. The van der Waals surface area contributed by atoms with Crippen molar-refractivity contribution in [2.45, 2.75) is 12.2 Å². The maximum absolute atomic E-state index is 14.3. The van der Waals surface area contributed by atoms with Crippen LogP contribution >= 0.6 is 11.6 Å². The number of nitrogens with zero attached hydrogens (tertiary/aromatic N) is 1. The van der Waals surface area contributed by atoms with Crippen molar-refractivity contribution >= 4 is 23.1 Å². The monoisotopic (exact) mass is 484 g/mol. The highest BCUT2D eigenvalue weighted by molar-refractivity contribution is 6.36. The minimum Gasteiger partial charge on any atom is -0.373 e. The molecular weight excluding hydrogens is 468 g/mol. The number of hydrogen-bond acceptors (Lipinski definition) is 3. The molecule has 3 nitrogen and oxygen atoms in total. The van der Waals surface area contributed by atoms with Crippen molar-refractivity contribution in [3.63, 3.8) is 0 Å². The van der Waals surface area contributed by atoms with Crippen LogP contribution in [0.2, 0.25) is 5.02 Å². The van der Waals surface area contributed by atoms with Gasteiger partial charge in [0.1, 0.15) is 5.69 Å². The topological polar surface area (TPSA) is 42.0 Å².